The fraction of sp³-hybridized carbons (Fsp3) is 0.308. The molecule has 3 aromatic rings. The smallest absolute Gasteiger partial charge is 0.225 e. The van der Waals surface area contributed by atoms with Crippen LogP contribution in [0, 0.1) is 0 Å². The second-order valence-electron chi connectivity index (χ2n) is 8.16. The number of morpholine rings is 1. The first-order valence-corrected chi connectivity index (χ1v) is 11.3. The Labute approximate surface area is 194 Å². The van der Waals surface area contributed by atoms with Crippen LogP contribution in [0.5, 0.6) is 0 Å². The molecule has 2 N–H and O–H groups in total. The van der Waals surface area contributed by atoms with E-state index in [-0.39, 0.29) is 11.8 Å². The molecule has 0 radical (unpaired) electrons. The number of nitrogens with zero attached hydrogens (tertiary/aromatic N) is 2. The van der Waals surface area contributed by atoms with Gasteiger partial charge in [0.25, 0.3) is 0 Å². The van der Waals surface area contributed by atoms with E-state index in [2.05, 4.69) is 15.5 Å². The summed E-state index contributed by atoms with van der Waals surface area (Å²) in [6.07, 6.45) is 4.75. The van der Waals surface area contributed by atoms with Gasteiger partial charge in [0.15, 0.2) is 0 Å². The fourth-order valence-corrected chi connectivity index (χ4v) is 3.81. The Balaban J connectivity index is 1.21. The second kappa shape index (κ2) is 11.4. The van der Waals surface area contributed by atoms with Crippen molar-refractivity contribution in [3.63, 3.8) is 0 Å². The van der Waals surface area contributed by atoms with Crippen molar-refractivity contribution in [2.75, 3.05) is 38.2 Å². The first-order chi connectivity index (χ1) is 16.2. The van der Waals surface area contributed by atoms with E-state index in [0.29, 0.717) is 19.4 Å². The van der Waals surface area contributed by atoms with Gasteiger partial charge in [-0.25, -0.2) is 0 Å². The Morgan fingerprint density at radius 1 is 0.879 bits per heavy atom. The van der Waals surface area contributed by atoms with E-state index < -0.39 is 0 Å². The minimum absolute atomic E-state index is 0.00830. The molecule has 33 heavy (non-hydrogen) atoms. The Hall–Kier alpha value is -3.42. The van der Waals surface area contributed by atoms with E-state index >= 15 is 0 Å². The molecule has 0 atom stereocenters. The van der Waals surface area contributed by atoms with Gasteiger partial charge in [0.1, 0.15) is 0 Å². The zero-order chi connectivity index (χ0) is 22.9. The number of carbonyl (C=O) groups is 2. The molecule has 172 valence electrons. The third kappa shape index (κ3) is 7.03. The van der Waals surface area contributed by atoms with Crippen LogP contribution in [0.2, 0.25) is 0 Å². The molecule has 1 saturated heterocycles. The van der Waals surface area contributed by atoms with Gasteiger partial charge in [0.2, 0.25) is 11.8 Å². The molecule has 1 aliphatic rings. The quantitative estimate of drug-likeness (QED) is 0.530. The molecule has 1 aromatic heterocycles. The number of hydrogen-bond donors (Lipinski definition) is 2. The van der Waals surface area contributed by atoms with Crippen LogP contribution in [-0.2, 0) is 27.3 Å². The van der Waals surface area contributed by atoms with Crippen molar-refractivity contribution < 1.29 is 14.3 Å². The van der Waals surface area contributed by atoms with E-state index in [0.717, 1.165) is 55.3 Å². The predicted molar refractivity (Wildman–Crippen MR) is 128 cm³/mol. The number of carbonyl (C=O) groups excluding carboxylic acids is 2. The van der Waals surface area contributed by atoms with Crippen molar-refractivity contribution in [1.29, 1.82) is 0 Å². The summed E-state index contributed by atoms with van der Waals surface area (Å²) in [6.45, 7) is 4.36. The molecule has 0 bridgehead atoms. The van der Waals surface area contributed by atoms with Crippen molar-refractivity contribution in [1.82, 2.24) is 14.8 Å². The molecule has 7 nitrogen and oxygen atoms in total. The van der Waals surface area contributed by atoms with Crippen LogP contribution >= 0.6 is 0 Å². The highest BCUT2D eigenvalue weighted by Gasteiger charge is 2.12. The lowest BCUT2D eigenvalue weighted by Gasteiger charge is -2.26. The number of anilines is 1. The summed E-state index contributed by atoms with van der Waals surface area (Å²) in [7, 11) is 0. The molecule has 2 amide bonds. The molecule has 0 spiro atoms. The average molecular weight is 447 g/mol. The molecule has 0 unspecified atom stereocenters. The lowest BCUT2D eigenvalue weighted by Crippen LogP contribution is -2.38. The third-order valence-corrected chi connectivity index (χ3v) is 5.66. The number of nitrogens with one attached hydrogen (secondary N) is 2. The Kier molecular flexibility index (Phi) is 7.90. The van der Waals surface area contributed by atoms with Crippen molar-refractivity contribution in [2.24, 2.45) is 0 Å². The van der Waals surface area contributed by atoms with Crippen molar-refractivity contribution in [3.05, 3.63) is 84.2 Å². The highest BCUT2D eigenvalue weighted by molar-refractivity contribution is 5.90. The molecule has 0 aliphatic carbocycles. The largest absolute Gasteiger partial charge is 0.379 e. The molecular weight excluding hydrogens is 416 g/mol. The van der Waals surface area contributed by atoms with Gasteiger partial charge < -0.3 is 19.9 Å². The SMILES string of the molecule is O=C(Cc1ccc(-n2cccc2)cc1)NCc1cccc(NC(=O)CCN2CCOCC2)c1. The number of rotatable bonds is 9. The van der Waals surface area contributed by atoms with Crippen molar-refractivity contribution in [3.8, 4) is 5.69 Å². The monoisotopic (exact) mass is 446 g/mol. The van der Waals surface area contributed by atoms with Crippen molar-refractivity contribution in [2.45, 2.75) is 19.4 Å². The highest BCUT2D eigenvalue weighted by Crippen LogP contribution is 2.13. The fourth-order valence-electron chi connectivity index (χ4n) is 3.81. The number of hydrogen-bond acceptors (Lipinski definition) is 4. The number of ether oxygens (including phenoxy) is 1. The molecule has 2 heterocycles. The summed E-state index contributed by atoms with van der Waals surface area (Å²) in [5.41, 5.74) is 3.71. The lowest BCUT2D eigenvalue weighted by atomic mass is 10.1. The summed E-state index contributed by atoms with van der Waals surface area (Å²) in [6, 6.07) is 19.5. The van der Waals surface area contributed by atoms with Gasteiger partial charge >= 0.3 is 0 Å². The van der Waals surface area contributed by atoms with E-state index in [1.54, 1.807) is 0 Å². The molecule has 4 rings (SSSR count). The van der Waals surface area contributed by atoms with Crippen LogP contribution in [0.25, 0.3) is 5.69 Å². The van der Waals surface area contributed by atoms with Gasteiger partial charge in [0.05, 0.1) is 19.6 Å². The zero-order valence-electron chi connectivity index (χ0n) is 18.7. The number of amides is 2. The summed E-state index contributed by atoms with van der Waals surface area (Å²) in [5.74, 6) is -0.0466. The number of benzene rings is 2. The van der Waals surface area contributed by atoms with Crippen LogP contribution in [0.15, 0.2) is 73.1 Å². The van der Waals surface area contributed by atoms with E-state index in [9.17, 15) is 9.59 Å². The molecule has 2 aromatic carbocycles. The molecule has 0 saturated carbocycles. The molecule has 1 aliphatic heterocycles. The second-order valence-corrected chi connectivity index (χ2v) is 8.16. The van der Waals surface area contributed by atoms with Gasteiger partial charge in [-0.2, -0.15) is 0 Å². The Bertz CT molecular complexity index is 1040. The zero-order valence-corrected chi connectivity index (χ0v) is 18.7. The van der Waals surface area contributed by atoms with E-state index in [1.807, 2.05) is 77.6 Å². The maximum absolute atomic E-state index is 12.4. The summed E-state index contributed by atoms with van der Waals surface area (Å²) in [5, 5.41) is 5.92. The molecular formula is C26H30N4O3. The maximum Gasteiger partial charge on any atom is 0.225 e. The van der Waals surface area contributed by atoms with Gasteiger partial charge in [-0.1, -0.05) is 24.3 Å². The van der Waals surface area contributed by atoms with E-state index in [4.69, 9.17) is 4.74 Å². The van der Waals surface area contributed by atoms with Crippen LogP contribution in [0.1, 0.15) is 17.5 Å². The minimum Gasteiger partial charge on any atom is -0.379 e. The van der Waals surface area contributed by atoms with Gasteiger partial charge in [0, 0.05) is 56.4 Å². The first kappa shape index (κ1) is 22.8. The van der Waals surface area contributed by atoms with Crippen LogP contribution in [-0.4, -0.2) is 54.1 Å². The highest BCUT2D eigenvalue weighted by atomic mass is 16.5. The summed E-state index contributed by atoms with van der Waals surface area (Å²) >= 11 is 0. The minimum atomic E-state index is -0.0383. The maximum atomic E-state index is 12.4. The van der Waals surface area contributed by atoms with Crippen molar-refractivity contribution >= 4 is 17.5 Å². The number of aromatic nitrogens is 1. The van der Waals surface area contributed by atoms with Gasteiger partial charge in [-0.3, -0.25) is 14.5 Å². The summed E-state index contributed by atoms with van der Waals surface area (Å²) in [4.78, 5) is 26.9. The van der Waals surface area contributed by atoms with Gasteiger partial charge in [-0.15, -0.1) is 0 Å². The summed E-state index contributed by atoms with van der Waals surface area (Å²) < 4.78 is 7.36. The molecule has 1 fully saturated rings. The van der Waals surface area contributed by atoms with Gasteiger partial charge in [-0.05, 0) is 47.5 Å². The predicted octanol–water partition coefficient (Wildman–Crippen LogP) is 3.00. The lowest BCUT2D eigenvalue weighted by molar-refractivity contribution is -0.120. The molecule has 7 heteroatoms. The van der Waals surface area contributed by atoms with Crippen LogP contribution in [0.4, 0.5) is 5.69 Å². The Morgan fingerprint density at radius 2 is 1.64 bits per heavy atom. The van der Waals surface area contributed by atoms with E-state index in [1.165, 1.54) is 0 Å². The third-order valence-electron chi connectivity index (χ3n) is 5.66. The van der Waals surface area contributed by atoms with Crippen LogP contribution in [0.3, 0.4) is 0 Å². The standard InChI is InChI=1S/C26H30N4O3/c31-25(10-13-29-14-16-33-17-15-29)28-23-5-3-4-22(18-23)20-27-26(32)19-21-6-8-24(9-7-21)30-11-1-2-12-30/h1-9,11-12,18H,10,13-17,19-20H2,(H,27,32)(H,28,31). The Morgan fingerprint density at radius 3 is 2.39 bits per heavy atom. The first-order valence-electron chi connectivity index (χ1n) is 11.3. The average Bonchev–Trinajstić information content (AvgIpc) is 3.38. The normalized spacial score (nSPS) is 14.1. The topological polar surface area (TPSA) is 75.6 Å². The van der Waals surface area contributed by atoms with Crippen LogP contribution < -0.4 is 10.6 Å².